The Kier molecular flexibility index (Phi) is 7.27. The maximum atomic E-state index is 13.4. The first-order valence-electron chi connectivity index (χ1n) is 14.0. The van der Waals surface area contributed by atoms with Crippen LogP contribution >= 0.6 is 0 Å². The van der Waals surface area contributed by atoms with E-state index in [4.69, 9.17) is 9.40 Å². The first-order chi connectivity index (χ1) is 20.4. The zero-order valence-electron chi connectivity index (χ0n) is 23.1. The lowest BCUT2D eigenvalue weighted by Crippen LogP contribution is -2.29. The molecule has 0 fully saturated rings. The van der Waals surface area contributed by atoms with Crippen LogP contribution in [0.2, 0.25) is 0 Å². The van der Waals surface area contributed by atoms with Crippen molar-refractivity contribution in [3.63, 3.8) is 0 Å². The molecule has 1 aliphatic heterocycles. The maximum absolute atomic E-state index is 13.4. The Hall–Kier alpha value is -5.24. The average Bonchev–Trinajstić information content (AvgIpc) is 3.55. The number of benzene rings is 4. The molecule has 0 saturated carbocycles. The second-order valence-corrected chi connectivity index (χ2v) is 10.3. The van der Waals surface area contributed by atoms with Crippen molar-refractivity contribution in [2.75, 3.05) is 16.8 Å². The van der Waals surface area contributed by atoms with Gasteiger partial charge < -0.3 is 14.8 Å². The Bertz CT molecular complexity index is 1830. The molecule has 210 valence electrons. The second-order valence-electron chi connectivity index (χ2n) is 10.3. The lowest BCUT2D eigenvalue weighted by Gasteiger charge is -2.17. The van der Waals surface area contributed by atoms with Gasteiger partial charge in [-0.2, -0.15) is 0 Å². The molecule has 8 heteroatoms. The van der Waals surface area contributed by atoms with E-state index in [9.17, 15) is 19.5 Å². The summed E-state index contributed by atoms with van der Waals surface area (Å²) in [5, 5.41) is 12.8. The third-order valence-electron chi connectivity index (χ3n) is 7.47. The molecule has 1 aliphatic rings. The fraction of sp³-hybridized carbons (Fsp3) is 0.176. The van der Waals surface area contributed by atoms with Crippen LogP contribution in [0.15, 0.2) is 89.3 Å². The van der Waals surface area contributed by atoms with Crippen LogP contribution in [0, 0.1) is 0 Å². The molecule has 4 aromatic carbocycles. The van der Waals surface area contributed by atoms with Crippen molar-refractivity contribution in [3.8, 4) is 22.6 Å². The van der Waals surface area contributed by atoms with Gasteiger partial charge in [0.2, 0.25) is 5.89 Å². The predicted octanol–water partition coefficient (Wildman–Crippen LogP) is 7.65. The third kappa shape index (κ3) is 5.03. The quantitative estimate of drug-likeness (QED) is 0.133. The summed E-state index contributed by atoms with van der Waals surface area (Å²) in [6, 6.07) is 25.1. The number of fused-ring (bicyclic) bond motifs is 2. The first kappa shape index (κ1) is 27.0. The van der Waals surface area contributed by atoms with E-state index in [2.05, 4.69) is 12.2 Å². The fourth-order valence-electron chi connectivity index (χ4n) is 5.24. The van der Waals surface area contributed by atoms with Crippen molar-refractivity contribution in [1.82, 2.24) is 4.98 Å². The number of imide groups is 1. The number of aromatic nitrogens is 1. The van der Waals surface area contributed by atoms with Crippen LogP contribution in [0.1, 0.15) is 63.7 Å². The maximum Gasteiger partial charge on any atom is 0.335 e. The van der Waals surface area contributed by atoms with Gasteiger partial charge in [-0.15, -0.1) is 0 Å². The summed E-state index contributed by atoms with van der Waals surface area (Å²) < 4.78 is 6.20. The average molecular weight is 560 g/mol. The van der Waals surface area contributed by atoms with E-state index in [0.717, 1.165) is 53.9 Å². The zero-order chi connectivity index (χ0) is 29.2. The number of nitrogens with one attached hydrogen (secondary N) is 1. The fourth-order valence-corrected chi connectivity index (χ4v) is 5.24. The summed E-state index contributed by atoms with van der Waals surface area (Å²) in [5.74, 6) is -1.89. The monoisotopic (exact) mass is 559 g/mol. The van der Waals surface area contributed by atoms with Gasteiger partial charge in [0.1, 0.15) is 5.52 Å². The summed E-state index contributed by atoms with van der Waals surface area (Å²) in [6.07, 6.45) is 4.40. The number of carbonyl (C=O) groups excluding carboxylic acids is 2. The van der Waals surface area contributed by atoms with E-state index in [1.807, 2.05) is 54.6 Å². The molecule has 6 rings (SSSR count). The molecule has 0 radical (unpaired) electrons. The van der Waals surface area contributed by atoms with Crippen LogP contribution in [-0.4, -0.2) is 34.4 Å². The molecule has 5 aromatic rings. The van der Waals surface area contributed by atoms with Gasteiger partial charge in [0.15, 0.2) is 5.58 Å². The van der Waals surface area contributed by atoms with E-state index in [0.29, 0.717) is 28.2 Å². The largest absolute Gasteiger partial charge is 0.478 e. The Morgan fingerprint density at radius 3 is 2.43 bits per heavy atom. The standard InChI is InChI=1S/C34H29N3O5/c1-2-3-4-8-17-35-28-15-13-24(37-32(38)25-14-11-23(34(40)41)18-26(25)33(37)39)20-27(28)31-36-29-19-22(12-16-30(29)42-31)21-9-6-5-7-10-21/h5-7,9-16,18-20,35H,2-4,8,17H2,1H3,(H,40,41). The number of oxazole rings is 1. The van der Waals surface area contributed by atoms with E-state index >= 15 is 0 Å². The van der Waals surface area contributed by atoms with Gasteiger partial charge in [-0.1, -0.05) is 62.6 Å². The van der Waals surface area contributed by atoms with Crippen LogP contribution in [0.4, 0.5) is 11.4 Å². The van der Waals surface area contributed by atoms with Crippen molar-refractivity contribution >= 4 is 40.3 Å². The highest BCUT2D eigenvalue weighted by molar-refractivity contribution is 6.34. The Balaban J connectivity index is 1.39. The molecule has 0 unspecified atom stereocenters. The van der Waals surface area contributed by atoms with Gasteiger partial charge in [0, 0.05) is 12.2 Å². The molecule has 1 aromatic heterocycles. The number of nitrogens with zero attached hydrogens (tertiary/aromatic N) is 2. The predicted molar refractivity (Wildman–Crippen MR) is 162 cm³/mol. The Morgan fingerprint density at radius 2 is 1.64 bits per heavy atom. The first-order valence-corrected chi connectivity index (χ1v) is 14.0. The third-order valence-corrected chi connectivity index (χ3v) is 7.47. The minimum atomic E-state index is -1.17. The highest BCUT2D eigenvalue weighted by Gasteiger charge is 2.37. The minimum absolute atomic E-state index is 0.0543. The van der Waals surface area contributed by atoms with Crippen molar-refractivity contribution in [2.45, 2.75) is 32.6 Å². The lowest BCUT2D eigenvalue weighted by molar-refractivity contribution is 0.0696. The van der Waals surface area contributed by atoms with Gasteiger partial charge in [0.25, 0.3) is 11.8 Å². The highest BCUT2D eigenvalue weighted by atomic mass is 16.4. The lowest BCUT2D eigenvalue weighted by atomic mass is 10.1. The van der Waals surface area contributed by atoms with Crippen LogP contribution in [0.25, 0.3) is 33.7 Å². The van der Waals surface area contributed by atoms with Crippen molar-refractivity contribution in [1.29, 1.82) is 0 Å². The molecule has 0 saturated heterocycles. The highest BCUT2D eigenvalue weighted by Crippen LogP contribution is 2.37. The Morgan fingerprint density at radius 1 is 0.833 bits per heavy atom. The van der Waals surface area contributed by atoms with E-state index in [1.165, 1.54) is 18.2 Å². The second kappa shape index (κ2) is 11.3. The van der Waals surface area contributed by atoms with Crippen LogP contribution in [0.3, 0.4) is 0 Å². The van der Waals surface area contributed by atoms with Crippen molar-refractivity contribution in [2.24, 2.45) is 0 Å². The normalized spacial score (nSPS) is 12.6. The topological polar surface area (TPSA) is 113 Å². The molecule has 0 aliphatic carbocycles. The summed E-state index contributed by atoms with van der Waals surface area (Å²) >= 11 is 0. The smallest absolute Gasteiger partial charge is 0.335 e. The number of amides is 2. The number of hydrogen-bond donors (Lipinski definition) is 2. The van der Waals surface area contributed by atoms with Gasteiger partial charge >= 0.3 is 5.97 Å². The molecule has 42 heavy (non-hydrogen) atoms. The van der Waals surface area contributed by atoms with Gasteiger partial charge in [-0.05, 0) is 66.1 Å². The number of carboxylic acid groups (broad SMARTS) is 1. The molecule has 0 bridgehead atoms. The van der Waals surface area contributed by atoms with Crippen LogP contribution < -0.4 is 10.2 Å². The molecular weight excluding hydrogens is 530 g/mol. The summed E-state index contributed by atoms with van der Waals surface area (Å²) in [4.78, 5) is 44.0. The van der Waals surface area contributed by atoms with Crippen LogP contribution in [-0.2, 0) is 0 Å². The molecular formula is C34H29N3O5. The molecule has 2 amide bonds. The van der Waals surface area contributed by atoms with E-state index in [-0.39, 0.29) is 16.7 Å². The van der Waals surface area contributed by atoms with Crippen molar-refractivity contribution in [3.05, 3.63) is 102 Å². The zero-order valence-corrected chi connectivity index (χ0v) is 23.1. The van der Waals surface area contributed by atoms with Gasteiger partial charge in [0.05, 0.1) is 27.9 Å². The summed E-state index contributed by atoms with van der Waals surface area (Å²) in [7, 11) is 0. The molecule has 2 heterocycles. The van der Waals surface area contributed by atoms with E-state index in [1.54, 1.807) is 12.1 Å². The molecule has 2 N–H and O–H groups in total. The minimum Gasteiger partial charge on any atom is -0.478 e. The van der Waals surface area contributed by atoms with Gasteiger partial charge in [-0.25, -0.2) is 14.7 Å². The number of anilines is 2. The van der Waals surface area contributed by atoms with Crippen molar-refractivity contribution < 1.29 is 23.9 Å². The number of aromatic carboxylic acids is 1. The number of unbranched alkanes of at least 4 members (excludes halogenated alkanes) is 3. The number of carbonyl (C=O) groups is 3. The van der Waals surface area contributed by atoms with Gasteiger partial charge in [-0.3, -0.25) is 9.59 Å². The molecule has 0 spiro atoms. The molecule has 0 atom stereocenters. The summed E-state index contributed by atoms with van der Waals surface area (Å²) in [5.41, 5.74) is 5.29. The van der Waals surface area contributed by atoms with E-state index < -0.39 is 17.8 Å². The number of carboxylic acids is 1. The SMILES string of the molecule is CCCCCCNc1ccc(N2C(=O)c3ccc(C(=O)O)cc3C2=O)cc1-c1nc2cc(-c3ccccc3)ccc2o1. The number of rotatable bonds is 10. The Labute approximate surface area is 242 Å². The van der Waals surface area contributed by atoms with Crippen LogP contribution in [0.5, 0.6) is 0 Å². The molecule has 8 nitrogen and oxygen atoms in total. The number of hydrogen-bond acceptors (Lipinski definition) is 6. The summed E-state index contributed by atoms with van der Waals surface area (Å²) in [6.45, 7) is 2.91.